The topological polar surface area (TPSA) is 92.3 Å². The highest BCUT2D eigenvalue weighted by molar-refractivity contribution is 6.33. The number of hydrogen-bond donors (Lipinski definition) is 1. The lowest BCUT2D eigenvalue weighted by atomic mass is 10.1. The van der Waals surface area contributed by atoms with E-state index in [4.69, 9.17) is 21.3 Å². The van der Waals surface area contributed by atoms with Gasteiger partial charge >= 0.3 is 5.97 Å². The van der Waals surface area contributed by atoms with E-state index in [-0.39, 0.29) is 16.2 Å². The molecule has 6 nitrogen and oxygen atoms in total. The molecule has 1 N–H and O–H groups in total. The van der Waals surface area contributed by atoms with Crippen molar-refractivity contribution >= 4 is 29.6 Å². The molecule has 0 saturated heterocycles. The number of ether oxygens (including phenoxy) is 1. The fourth-order valence-electron chi connectivity index (χ4n) is 1.95. The van der Waals surface area contributed by atoms with Crippen molar-refractivity contribution in [1.82, 2.24) is 5.32 Å². The summed E-state index contributed by atoms with van der Waals surface area (Å²) in [6.07, 6.45) is 1.34. The Kier molecular flexibility index (Phi) is 5.40. The maximum atomic E-state index is 11.5. The summed E-state index contributed by atoms with van der Waals surface area (Å²) in [7, 11) is 2.71. The summed E-state index contributed by atoms with van der Waals surface area (Å²) in [5.74, 6) is -0.202. The van der Waals surface area contributed by atoms with Gasteiger partial charge in [-0.3, -0.25) is 4.79 Å². The Balaban J connectivity index is 2.33. The molecule has 0 atom stereocenters. The molecule has 0 aliphatic rings. The van der Waals surface area contributed by atoms with Crippen molar-refractivity contribution in [3.8, 4) is 17.4 Å². The predicted octanol–water partition coefficient (Wildman–Crippen LogP) is 3.04. The van der Waals surface area contributed by atoms with Crippen LogP contribution in [0.2, 0.25) is 5.02 Å². The largest absolute Gasteiger partial charge is 0.465 e. The lowest BCUT2D eigenvalue weighted by Gasteiger charge is -2.04. The molecule has 1 heterocycles. The first-order valence-electron chi connectivity index (χ1n) is 6.82. The summed E-state index contributed by atoms with van der Waals surface area (Å²) >= 11 is 6.08. The van der Waals surface area contributed by atoms with Crippen LogP contribution in [0.1, 0.15) is 16.1 Å². The van der Waals surface area contributed by atoms with E-state index in [9.17, 15) is 9.59 Å². The molecule has 24 heavy (non-hydrogen) atoms. The number of rotatable bonds is 4. The molecule has 1 amide bonds. The summed E-state index contributed by atoms with van der Waals surface area (Å²) in [4.78, 5) is 23.0. The van der Waals surface area contributed by atoms with Crippen molar-refractivity contribution in [2.45, 2.75) is 0 Å². The molecular formula is C17H13ClN2O4. The molecule has 1 aromatic heterocycles. The summed E-state index contributed by atoms with van der Waals surface area (Å²) < 4.78 is 10.2. The molecule has 7 heteroatoms. The van der Waals surface area contributed by atoms with E-state index in [0.717, 1.165) is 0 Å². The van der Waals surface area contributed by atoms with Crippen LogP contribution in [0.5, 0.6) is 0 Å². The highest BCUT2D eigenvalue weighted by atomic mass is 35.5. The number of furan rings is 1. The second kappa shape index (κ2) is 7.49. The number of methoxy groups -OCH3 is 1. The molecule has 0 bridgehead atoms. The Labute approximate surface area is 143 Å². The number of carbonyl (C=O) groups is 2. The quantitative estimate of drug-likeness (QED) is 0.523. The van der Waals surface area contributed by atoms with Crippen LogP contribution in [0, 0.1) is 11.3 Å². The van der Waals surface area contributed by atoms with E-state index >= 15 is 0 Å². The first-order valence-corrected chi connectivity index (χ1v) is 7.20. The van der Waals surface area contributed by atoms with Gasteiger partial charge in [0.2, 0.25) is 0 Å². The van der Waals surface area contributed by atoms with Gasteiger partial charge in [0.1, 0.15) is 23.2 Å². The van der Waals surface area contributed by atoms with Crippen LogP contribution in [0.25, 0.3) is 17.4 Å². The van der Waals surface area contributed by atoms with Gasteiger partial charge in [-0.1, -0.05) is 17.7 Å². The molecule has 2 aromatic rings. The van der Waals surface area contributed by atoms with Gasteiger partial charge in [-0.15, -0.1) is 0 Å². The number of hydrogen-bond acceptors (Lipinski definition) is 5. The van der Waals surface area contributed by atoms with E-state index in [1.165, 1.54) is 26.3 Å². The normalized spacial score (nSPS) is 10.8. The van der Waals surface area contributed by atoms with Gasteiger partial charge in [0.15, 0.2) is 0 Å². The number of nitrogens with one attached hydrogen (secondary N) is 1. The number of likely N-dealkylation sites (N-methyl/N-ethyl adjacent to an activating group) is 1. The fraction of sp³-hybridized carbons (Fsp3) is 0.118. The summed E-state index contributed by atoms with van der Waals surface area (Å²) in [5, 5.41) is 11.6. The molecule has 0 unspecified atom stereocenters. The molecule has 0 aliphatic heterocycles. The van der Waals surface area contributed by atoms with Crippen molar-refractivity contribution in [3.63, 3.8) is 0 Å². The maximum absolute atomic E-state index is 11.5. The predicted molar refractivity (Wildman–Crippen MR) is 88.2 cm³/mol. The summed E-state index contributed by atoms with van der Waals surface area (Å²) in [6, 6.07) is 9.87. The lowest BCUT2D eigenvalue weighted by Crippen LogP contribution is -2.18. The number of amides is 1. The van der Waals surface area contributed by atoms with E-state index in [1.807, 2.05) is 0 Å². The molecule has 0 radical (unpaired) electrons. The van der Waals surface area contributed by atoms with E-state index < -0.39 is 11.9 Å². The van der Waals surface area contributed by atoms with Gasteiger partial charge in [0.25, 0.3) is 5.91 Å². The van der Waals surface area contributed by atoms with Gasteiger partial charge in [0.05, 0.1) is 17.7 Å². The molecule has 2 rings (SSSR count). The zero-order valence-corrected chi connectivity index (χ0v) is 13.7. The van der Waals surface area contributed by atoms with Crippen LogP contribution < -0.4 is 5.32 Å². The third-order valence-corrected chi connectivity index (χ3v) is 3.48. The minimum Gasteiger partial charge on any atom is -0.465 e. The molecule has 122 valence electrons. The van der Waals surface area contributed by atoms with Crippen LogP contribution in [-0.2, 0) is 9.53 Å². The summed E-state index contributed by atoms with van der Waals surface area (Å²) in [5.41, 5.74) is 0.823. The highest BCUT2D eigenvalue weighted by Crippen LogP contribution is 2.28. The first kappa shape index (κ1) is 17.3. The van der Waals surface area contributed by atoms with Gasteiger partial charge in [-0.2, -0.15) is 5.26 Å². The highest BCUT2D eigenvalue weighted by Gasteiger charge is 2.13. The Morgan fingerprint density at radius 2 is 2.08 bits per heavy atom. The smallest absolute Gasteiger partial charge is 0.339 e. The second-order valence-electron chi connectivity index (χ2n) is 4.64. The molecule has 0 saturated carbocycles. The van der Waals surface area contributed by atoms with Crippen LogP contribution in [0.4, 0.5) is 0 Å². The number of nitrogens with zero attached hydrogens (tertiary/aromatic N) is 1. The van der Waals surface area contributed by atoms with Gasteiger partial charge in [-0.05, 0) is 24.3 Å². The van der Waals surface area contributed by atoms with E-state index in [2.05, 4.69) is 10.1 Å². The average molecular weight is 345 g/mol. The minimum atomic E-state index is -0.529. The zero-order valence-electron chi connectivity index (χ0n) is 12.9. The number of carbonyl (C=O) groups excluding carboxylic acids is 2. The van der Waals surface area contributed by atoms with Crippen molar-refractivity contribution in [3.05, 3.63) is 52.3 Å². The van der Waals surface area contributed by atoms with Gasteiger partial charge in [0, 0.05) is 18.7 Å². The summed E-state index contributed by atoms with van der Waals surface area (Å²) in [6.45, 7) is 0. The van der Waals surface area contributed by atoms with Crippen molar-refractivity contribution in [2.24, 2.45) is 0 Å². The molecular weight excluding hydrogens is 332 g/mol. The van der Waals surface area contributed by atoms with Crippen molar-refractivity contribution < 1.29 is 18.7 Å². The third kappa shape index (κ3) is 3.65. The lowest BCUT2D eigenvalue weighted by molar-refractivity contribution is -0.116. The number of esters is 1. The number of nitriles is 1. The van der Waals surface area contributed by atoms with E-state index in [1.54, 1.807) is 30.3 Å². The van der Waals surface area contributed by atoms with Crippen LogP contribution in [-0.4, -0.2) is 26.0 Å². The monoisotopic (exact) mass is 344 g/mol. The van der Waals surface area contributed by atoms with Gasteiger partial charge < -0.3 is 14.5 Å². The van der Waals surface area contributed by atoms with Crippen LogP contribution in [0.15, 0.2) is 40.3 Å². The second-order valence-corrected chi connectivity index (χ2v) is 5.04. The standard InChI is InChI=1S/C17H13ClN2O4/c1-20-16(21)11(9-19)7-12-4-6-15(24-12)10-3-5-13(14(18)8-10)17(22)23-2/h3-8H,1-2H3,(H,20,21)/b11-7+. The molecule has 0 aliphatic carbocycles. The Morgan fingerprint density at radius 1 is 1.33 bits per heavy atom. The Bertz CT molecular complexity index is 862. The SMILES string of the molecule is CNC(=O)/C(C#N)=C/c1ccc(-c2ccc(C(=O)OC)c(Cl)c2)o1. The van der Waals surface area contributed by atoms with E-state index in [0.29, 0.717) is 17.1 Å². The number of benzene rings is 1. The van der Waals surface area contributed by atoms with Crippen LogP contribution >= 0.6 is 11.6 Å². The third-order valence-electron chi connectivity index (χ3n) is 3.16. The molecule has 0 fully saturated rings. The first-order chi connectivity index (χ1) is 11.5. The molecule has 1 aromatic carbocycles. The Morgan fingerprint density at radius 3 is 2.67 bits per heavy atom. The van der Waals surface area contributed by atoms with Gasteiger partial charge in [-0.25, -0.2) is 4.79 Å². The maximum Gasteiger partial charge on any atom is 0.339 e. The minimum absolute atomic E-state index is 0.0718. The van der Waals surface area contributed by atoms with Crippen molar-refractivity contribution in [1.29, 1.82) is 5.26 Å². The Hall–Kier alpha value is -3.04. The zero-order chi connectivity index (χ0) is 17.7. The fourth-order valence-corrected chi connectivity index (χ4v) is 2.21. The average Bonchev–Trinajstić information content (AvgIpc) is 3.06. The number of halogens is 1. The van der Waals surface area contributed by atoms with Crippen LogP contribution in [0.3, 0.4) is 0 Å². The molecule has 0 spiro atoms. The van der Waals surface area contributed by atoms with Crippen molar-refractivity contribution in [2.75, 3.05) is 14.2 Å².